The van der Waals surface area contributed by atoms with Crippen molar-refractivity contribution in [2.75, 3.05) is 0 Å². The first kappa shape index (κ1) is 16.4. The molecule has 3 radical (unpaired) electrons. The first-order chi connectivity index (χ1) is 3.39. The number of hydrogen-bond acceptors (Lipinski definition) is 0. The van der Waals surface area contributed by atoms with Gasteiger partial charge in [0.25, 0.3) is 0 Å². The van der Waals surface area contributed by atoms with Gasteiger partial charge in [-0.3, -0.25) is 14.1 Å². The molecule has 0 aliphatic carbocycles. The average Bonchev–Trinajstić information content (AvgIpc) is 1.69. The Morgan fingerprint density at radius 1 is 0.800 bits per heavy atom. The van der Waals surface area contributed by atoms with Crippen LogP contribution in [0.3, 0.4) is 0 Å². The Kier molecular flexibility index (Phi) is 14.5. The third-order valence-corrected chi connectivity index (χ3v) is 1.73. The first-order valence-corrected chi connectivity index (χ1v) is 3.59. The topological polar surface area (TPSA) is 0 Å². The second-order valence-corrected chi connectivity index (χ2v) is 3.01. The van der Waals surface area contributed by atoms with E-state index in [-0.39, 0.29) is 14.1 Å². The molecule has 0 bridgehead atoms. The van der Waals surface area contributed by atoms with E-state index in [2.05, 4.69) is 24.3 Å². The van der Waals surface area contributed by atoms with Crippen molar-refractivity contribution in [3.63, 3.8) is 0 Å². The maximum atomic E-state index is 2.12. The number of halogens is 3. The zero-order valence-corrected chi connectivity index (χ0v) is 7.97. The minimum absolute atomic E-state index is 0. The zero-order chi connectivity index (χ0) is 5.11. The van der Waals surface area contributed by atoms with Crippen LogP contribution in [0.25, 0.3) is 0 Å². The van der Waals surface area contributed by atoms with Crippen molar-refractivity contribution in [3.8, 4) is 0 Å². The van der Waals surface area contributed by atoms with Crippen molar-refractivity contribution in [2.24, 2.45) is 0 Å². The van der Waals surface area contributed by atoms with Crippen molar-refractivity contribution in [2.45, 2.75) is 0 Å². The van der Waals surface area contributed by atoms with E-state index in [1.165, 1.54) is 26.1 Å². The van der Waals surface area contributed by atoms with Crippen molar-refractivity contribution in [1.82, 2.24) is 0 Å². The molecule has 0 aliphatic heterocycles. The minimum atomic E-state index is 0. The Hall–Kier alpha value is -0.191. The fourth-order valence-electron chi connectivity index (χ4n) is 0.438. The number of hydrogen-bond donors (Lipinski definition) is 0. The summed E-state index contributed by atoms with van der Waals surface area (Å²) in [5.74, 6) is 0. The predicted molar refractivity (Wildman–Crippen MR) is 39.3 cm³/mol. The molecule has 57 valence electrons. The molecule has 0 N–H and O–H groups in total. The SMILES string of the molecule is F.F.F.[Sn][c]1ccccc1. The molecule has 0 heterocycles. The summed E-state index contributed by atoms with van der Waals surface area (Å²) in [6.07, 6.45) is 0. The van der Waals surface area contributed by atoms with E-state index in [4.69, 9.17) is 0 Å². The second-order valence-electron chi connectivity index (χ2n) is 1.37. The van der Waals surface area contributed by atoms with Crippen LogP contribution in [0.4, 0.5) is 14.1 Å². The monoisotopic (exact) mass is 257 g/mol. The average molecular weight is 256 g/mol. The molecule has 1 aromatic carbocycles. The molecule has 0 aromatic heterocycles. The summed E-state index contributed by atoms with van der Waals surface area (Å²) in [5.41, 5.74) is 0. The van der Waals surface area contributed by atoms with E-state index in [1.54, 1.807) is 0 Å². The molecule has 0 saturated heterocycles. The van der Waals surface area contributed by atoms with Crippen molar-refractivity contribution >= 4 is 26.1 Å². The Balaban J connectivity index is -0.000000163. The normalized spacial score (nSPS) is 6.10. The van der Waals surface area contributed by atoms with Gasteiger partial charge in [0.15, 0.2) is 0 Å². The van der Waals surface area contributed by atoms with E-state index in [0.717, 1.165) is 0 Å². The Labute approximate surface area is 70.8 Å². The molecular weight excluding hydrogens is 248 g/mol. The number of benzene rings is 1. The molecule has 0 fully saturated rings. The summed E-state index contributed by atoms with van der Waals surface area (Å²) in [5, 5.41) is 0. The van der Waals surface area contributed by atoms with Crippen molar-refractivity contribution in [3.05, 3.63) is 30.3 Å². The van der Waals surface area contributed by atoms with Crippen LogP contribution >= 0.6 is 0 Å². The van der Waals surface area contributed by atoms with E-state index in [9.17, 15) is 0 Å². The van der Waals surface area contributed by atoms with Gasteiger partial charge in [-0.1, -0.05) is 0 Å². The predicted octanol–water partition coefficient (Wildman–Crippen LogP) is 0.938. The third-order valence-electron chi connectivity index (χ3n) is 0.774. The van der Waals surface area contributed by atoms with Gasteiger partial charge in [0.2, 0.25) is 0 Å². The molecule has 0 atom stereocenters. The first-order valence-electron chi connectivity index (χ1n) is 2.16. The van der Waals surface area contributed by atoms with Gasteiger partial charge in [-0.15, -0.1) is 0 Å². The Morgan fingerprint density at radius 3 is 1.40 bits per heavy atom. The molecule has 1 aromatic rings. The third kappa shape index (κ3) is 5.94. The summed E-state index contributed by atoms with van der Waals surface area (Å²) < 4.78 is 1.41. The molecule has 0 saturated carbocycles. The molecule has 0 nitrogen and oxygen atoms in total. The van der Waals surface area contributed by atoms with E-state index >= 15 is 0 Å². The van der Waals surface area contributed by atoms with Gasteiger partial charge in [-0.25, -0.2) is 0 Å². The van der Waals surface area contributed by atoms with Crippen LogP contribution in [0.5, 0.6) is 0 Å². The molecule has 0 aliphatic rings. The quantitative estimate of drug-likeness (QED) is 0.606. The Bertz CT molecular complexity index is 143. The van der Waals surface area contributed by atoms with Crippen LogP contribution in [0, 0.1) is 0 Å². The van der Waals surface area contributed by atoms with Gasteiger partial charge in [-0.05, 0) is 0 Å². The fourth-order valence-corrected chi connectivity index (χ4v) is 0.987. The van der Waals surface area contributed by atoms with Crippen molar-refractivity contribution < 1.29 is 14.1 Å². The van der Waals surface area contributed by atoms with Crippen LogP contribution in [-0.4, -0.2) is 22.5 Å². The summed E-state index contributed by atoms with van der Waals surface area (Å²) in [4.78, 5) is 0. The summed E-state index contributed by atoms with van der Waals surface area (Å²) >= 11 is 1.49. The van der Waals surface area contributed by atoms with E-state index in [1.807, 2.05) is 6.07 Å². The van der Waals surface area contributed by atoms with Crippen molar-refractivity contribution in [1.29, 1.82) is 0 Å². The van der Waals surface area contributed by atoms with E-state index < -0.39 is 0 Å². The van der Waals surface area contributed by atoms with Crippen LogP contribution in [0.15, 0.2) is 30.3 Å². The summed E-state index contributed by atoms with van der Waals surface area (Å²) in [6, 6.07) is 10.4. The summed E-state index contributed by atoms with van der Waals surface area (Å²) in [7, 11) is 0. The second kappa shape index (κ2) is 8.81. The van der Waals surface area contributed by atoms with Crippen LogP contribution in [0.1, 0.15) is 0 Å². The Morgan fingerprint density at radius 2 is 1.20 bits per heavy atom. The molecule has 10 heavy (non-hydrogen) atoms. The summed E-state index contributed by atoms with van der Waals surface area (Å²) in [6.45, 7) is 0. The molecule has 0 unspecified atom stereocenters. The van der Waals surface area contributed by atoms with Gasteiger partial charge in [0, 0.05) is 0 Å². The van der Waals surface area contributed by atoms with Gasteiger partial charge in [-0.2, -0.15) is 0 Å². The van der Waals surface area contributed by atoms with Gasteiger partial charge < -0.3 is 0 Å². The van der Waals surface area contributed by atoms with Crippen LogP contribution in [-0.2, 0) is 0 Å². The standard InChI is InChI=1S/C6H5.3FH.Sn/c1-2-4-6-5-3-1;;;;/h1-5H;3*1H;. The van der Waals surface area contributed by atoms with Gasteiger partial charge in [0.1, 0.15) is 0 Å². The molecule has 1 rings (SSSR count). The van der Waals surface area contributed by atoms with Gasteiger partial charge in [0.05, 0.1) is 0 Å². The molecular formula is C6H8F3Sn. The molecule has 4 heteroatoms. The molecule has 0 amide bonds. The number of rotatable bonds is 0. The van der Waals surface area contributed by atoms with Gasteiger partial charge >= 0.3 is 56.4 Å². The zero-order valence-electron chi connectivity index (χ0n) is 5.11. The van der Waals surface area contributed by atoms with Crippen LogP contribution in [0.2, 0.25) is 0 Å². The fraction of sp³-hybridized carbons (Fsp3) is 0. The maximum absolute atomic E-state index is 2.12. The molecule has 0 spiro atoms. The van der Waals surface area contributed by atoms with Crippen LogP contribution < -0.4 is 3.58 Å². The van der Waals surface area contributed by atoms with E-state index in [0.29, 0.717) is 0 Å².